The monoisotopic (exact) mass is 341 g/mol. The van der Waals surface area contributed by atoms with Gasteiger partial charge in [0.25, 0.3) is 11.6 Å². The van der Waals surface area contributed by atoms with Crippen molar-refractivity contribution in [2.75, 3.05) is 5.32 Å². The molecule has 1 atom stereocenters. The molecule has 0 aromatic heterocycles. The summed E-state index contributed by atoms with van der Waals surface area (Å²) in [5, 5.41) is 29.2. The molecule has 2 aromatic carbocycles. The van der Waals surface area contributed by atoms with Gasteiger partial charge in [-0.05, 0) is 24.1 Å². The first-order chi connectivity index (χ1) is 12.0. The number of hydrogen-bond donors (Lipinski definition) is 2. The lowest BCUT2D eigenvalue weighted by molar-refractivity contribution is -0.385. The van der Waals surface area contributed by atoms with Gasteiger partial charge in [0.1, 0.15) is 6.04 Å². The van der Waals surface area contributed by atoms with Crippen molar-refractivity contribution in [3.63, 3.8) is 0 Å². The second kappa shape index (κ2) is 8.44. The zero-order chi connectivity index (χ0) is 18.2. The van der Waals surface area contributed by atoms with Gasteiger partial charge in [-0.25, -0.2) is 5.43 Å². The first-order valence-corrected chi connectivity index (χ1v) is 7.61. The highest BCUT2D eigenvalue weighted by atomic mass is 16.6. The summed E-state index contributed by atoms with van der Waals surface area (Å²) in [5.41, 5.74) is 2.95. The summed E-state index contributed by atoms with van der Waals surface area (Å²) in [6.07, 6.45) is 1.63. The van der Waals surface area contributed by atoms with E-state index in [9.17, 15) is 20.0 Å². The van der Waals surface area contributed by atoms with Crippen molar-refractivity contribution in [3.8, 4) is 5.75 Å². The Morgan fingerprint density at radius 3 is 2.64 bits per heavy atom. The molecule has 0 saturated heterocycles. The normalized spacial score (nSPS) is 11.9. The first-order valence-electron chi connectivity index (χ1n) is 7.61. The van der Waals surface area contributed by atoms with E-state index in [1.54, 1.807) is 0 Å². The van der Waals surface area contributed by atoms with Crippen molar-refractivity contribution < 1.29 is 14.8 Å². The van der Waals surface area contributed by atoms with Crippen molar-refractivity contribution >= 4 is 23.5 Å². The number of non-ortho nitro benzene ring substituents is 1. The molecular weight excluding hydrogens is 324 g/mol. The number of hydrogen-bond acceptors (Lipinski definition) is 6. The summed E-state index contributed by atoms with van der Waals surface area (Å²) < 4.78 is 0. The van der Waals surface area contributed by atoms with E-state index >= 15 is 0 Å². The number of nitro groups is 1. The molecule has 0 aliphatic heterocycles. The highest BCUT2D eigenvalue weighted by Crippen LogP contribution is 2.19. The Morgan fingerprint density at radius 1 is 1.28 bits per heavy atom. The Kier molecular flexibility index (Phi) is 6.05. The van der Waals surface area contributed by atoms with E-state index in [0.29, 0.717) is 6.42 Å². The third-order valence-electron chi connectivity index (χ3n) is 3.42. The lowest BCUT2D eigenvalue weighted by Gasteiger charge is -2.16. The number of carbonyl (C=O) groups excluding carboxylic acids is 1. The minimum Gasteiger partial charge on any atom is -0.872 e. The maximum Gasteiger partial charge on any atom is 0.270 e. The average Bonchev–Trinajstić information content (AvgIpc) is 2.61. The number of nitrogens with one attached hydrogen (secondary N) is 2. The summed E-state index contributed by atoms with van der Waals surface area (Å²) in [7, 11) is 0. The van der Waals surface area contributed by atoms with E-state index < -0.39 is 16.7 Å². The van der Waals surface area contributed by atoms with Gasteiger partial charge in [0.05, 0.1) is 11.1 Å². The van der Waals surface area contributed by atoms with Crippen LogP contribution in [0.3, 0.4) is 0 Å². The largest absolute Gasteiger partial charge is 0.872 e. The number of hydrazone groups is 1. The van der Waals surface area contributed by atoms with E-state index in [1.807, 2.05) is 37.3 Å². The van der Waals surface area contributed by atoms with Gasteiger partial charge in [-0.1, -0.05) is 36.9 Å². The lowest BCUT2D eigenvalue weighted by atomic mass is 10.2. The van der Waals surface area contributed by atoms with Crippen LogP contribution in [0.25, 0.3) is 0 Å². The summed E-state index contributed by atoms with van der Waals surface area (Å²) >= 11 is 0. The van der Waals surface area contributed by atoms with Crippen LogP contribution in [0.5, 0.6) is 5.75 Å². The zero-order valence-electron chi connectivity index (χ0n) is 13.5. The van der Waals surface area contributed by atoms with Gasteiger partial charge in [0, 0.05) is 17.8 Å². The standard InChI is InChI=1S/C17H18N4O4/c1-2-15(19-13-6-4-3-5-7-13)17(23)20-18-11-12-10-14(21(24)25)8-9-16(12)22/h3-11,15,19,22H,2H2,1H3,(H,20,23)/p-1/b18-11-/t15-/m0/s1. The molecule has 0 radical (unpaired) electrons. The Labute approximate surface area is 144 Å². The van der Waals surface area contributed by atoms with E-state index in [0.717, 1.165) is 30.1 Å². The molecule has 25 heavy (non-hydrogen) atoms. The molecule has 2 rings (SSSR count). The highest BCUT2D eigenvalue weighted by molar-refractivity contribution is 5.88. The Hall–Kier alpha value is -3.42. The quantitative estimate of drug-likeness (QED) is 0.453. The molecule has 2 aromatic rings. The van der Waals surface area contributed by atoms with Crippen LogP contribution in [0, 0.1) is 10.1 Å². The maximum absolute atomic E-state index is 12.2. The zero-order valence-corrected chi connectivity index (χ0v) is 13.5. The number of nitrogens with zero attached hydrogens (tertiary/aromatic N) is 2. The van der Waals surface area contributed by atoms with E-state index in [-0.39, 0.29) is 17.2 Å². The summed E-state index contributed by atoms with van der Waals surface area (Å²) in [6.45, 7) is 1.85. The van der Waals surface area contributed by atoms with Crippen molar-refractivity contribution in [2.24, 2.45) is 5.10 Å². The van der Waals surface area contributed by atoms with Crippen LogP contribution in [-0.2, 0) is 4.79 Å². The van der Waals surface area contributed by atoms with E-state index in [2.05, 4.69) is 15.8 Å². The minimum atomic E-state index is -0.605. The van der Waals surface area contributed by atoms with Gasteiger partial charge in [-0.15, -0.1) is 0 Å². The van der Waals surface area contributed by atoms with Gasteiger partial charge >= 0.3 is 0 Å². The van der Waals surface area contributed by atoms with Gasteiger partial charge in [-0.3, -0.25) is 14.9 Å². The van der Waals surface area contributed by atoms with Gasteiger partial charge < -0.3 is 10.4 Å². The van der Waals surface area contributed by atoms with Crippen LogP contribution in [0.15, 0.2) is 53.6 Å². The van der Waals surface area contributed by atoms with Crippen molar-refractivity contribution in [3.05, 3.63) is 64.2 Å². The molecule has 0 bridgehead atoms. The average molecular weight is 341 g/mol. The molecule has 8 heteroatoms. The predicted molar refractivity (Wildman–Crippen MR) is 92.4 cm³/mol. The smallest absolute Gasteiger partial charge is 0.270 e. The molecule has 2 N–H and O–H groups in total. The number of nitro benzene ring substituents is 1. The summed E-state index contributed by atoms with van der Waals surface area (Å²) in [5.74, 6) is -0.793. The van der Waals surface area contributed by atoms with Crippen LogP contribution in [0.1, 0.15) is 18.9 Å². The first kappa shape index (κ1) is 17.9. The Morgan fingerprint density at radius 2 is 2.00 bits per heavy atom. The molecule has 0 unspecified atom stereocenters. The molecular formula is C17H17N4O4-. The molecule has 1 amide bonds. The molecule has 130 valence electrons. The number of benzene rings is 2. The number of para-hydroxylation sites is 1. The van der Waals surface area contributed by atoms with Gasteiger partial charge in [-0.2, -0.15) is 5.10 Å². The molecule has 0 aliphatic carbocycles. The van der Waals surface area contributed by atoms with Crippen molar-refractivity contribution in [1.29, 1.82) is 0 Å². The Balaban J connectivity index is 2.01. The fourth-order valence-corrected chi connectivity index (χ4v) is 2.08. The van der Waals surface area contributed by atoms with Crippen molar-refractivity contribution in [2.45, 2.75) is 19.4 Å². The van der Waals surface area contributed by atoms with Crippen molar-refractivity contribution in [1.82, 2.24) is 5.43 Å². The highest BCUT2D eigenvalue weighted by Gasteiger charge is 2.15. The van der Waals surface area contributed by atoms with E-state index in [4.69, 9.17) is 0 Å². The third-order valence-corrected chi connectivity index (χ3v) is 3.42. The minimum absolute atomic E-state index is 0.0265. The van der Waals surface area contributed by atoms with Crippen LogP contribution < -0.4 is 15.8 Å². The third kappa shape index (κ3) is 5.03. The SMILES string of the molecule is CC[C@H](Nc1ccccc1)C(=O)N/N=C\c1cc([N+](=O)[O-])ccc1[O-]. The maximum atomic E-state index is 12.2. The topological polar surface area (TPSA) is 120 Å². The summed E-state index contributed by atoms with van der Waals surface area (Å²) in [4.78, 5) is 22.3. The van der Waals surface area contributed by atoms with Crippen LogP contribution in [-0.4, -0.2) is 23.1 Å². The van der Waals surface area contributed by atoms with Crippen LogP contribution in [0.4, 0.5) is 11.4 Å². The molecule has 0 aliphatic rings. The fourth-order valence-electron chi connectivity index (χ4n) is 2.08. The molecule has 8 nitrogen and oxygen atoms in total. The molecule has 0 heterocycles. The number of anilines is 1. The van der Waals surface area contributed by atoms with Gasteiger partial charge in [0.2, 0.25) is 0 Å². The van der Waals surface area contributed by atoms with E-state index in [1.165, 1.54) is 0 Å². The molecule has 0 fully saturated rings. The fraction of sp³-hybridized carbons (Fsp3) is 0.176. The van der Waals surface area contributed by atoms with Crippen LogP contribution in [0.2, 0.25) is 0 Å². The second-order valence-corrected chi connectivity index (χ2v) is 5.18. The molecule has 0 saturated carbocycles. The predicted octanol–water partition coefficient (Wildman–Crippen LogP) is 2.01. The number of carbonyl (C=O) groups is 1. The van der Waals surface area contributed by atoms with Crippen LogP contribution >= 0.6 is 0 Å². The second-order valence-electron chi connectivity index (χ2n) is 5.18. The number of rotatable bonds is 7. The Bertz CT molecular complexity index is 777. The lowest BCUT2D eigenvalue weighted by Crippen LogP contribution is -2.36. The summed E-state index contributed by atoms with van der Waals surface area (Å²) in [6, 6.07) is 12.1. The number of amides is 1. The van der Waals surface area contributed by atoms with Gasteiger partial charge in [0.15, 0.2) is 0 Å². The molecule has 0 spiro atoms.